The summed E-state index contributed by atoms with van der Waals surface area (Å²) in [5.74, 6) is 0. The third-order valence-electron chi connectivity index (χ3n) is 3.72. The van der Waals surface area contributed by atoms with Gasteiger partial charge < -0.3 is 0 Å². The average Bonchev–Trinajstić information content (AvgIpc) is 3.14. The second-order valence-electron chi connectivity index (χ2n) is 5.43. The van der Waals surface area contributed by atoms with Crippen LogP contribution in [0.2, 0.25) is 0 Å². The number of rotatable bonds is 6. The van der Waals surface area contributed by atoms with E-state index in [2.05, 4.69) is 14.9 Å². The topological polar surface area (TPSA) is 81.8 Å². The third kappa shape index (κ3) is 3.33. The number of hydrogen-bond donors (Lipinski definition) is 1. The Morgan fingerprint density at radius 2 is 1.88 bits per heavy atom. The molecule has 0 saturated heterocycles. The summed E-state index contributed by atoms with van der Waals surface area (Å²) in [7, 11) is -3.68. The highest BCUT2D eigenvalue weighted by Crippen LogP contribution is 2.19. The molecule has 8 heteroatoms. The summed E-state index contributed by atoms with van der Waals surface area (Å²) < 4.78 is 30.9. The van der Waals surface area contributed by atoms with Gasteiger partial charge >= 0.3 is 0 Å². The molecule has 24 heavy (non-hydrogen) atoms. The normalized spacial score (nSPS) is 11.6. The van der Waals surface area contributed by atoms with Crippen LogP contribution >= 0.6 is 0 Å². The molecule has 2 heterocycles. The number of aryl methyl sites for hydroxylation is 1. The van der Waals surface area contributed by atoms with Crippen LogP contribution in [0.25, 0.3) is 0 Å². The molecule has 126 valence electrons. The molecule has 3 rings (SSSR count). The summed E-state index contributed by atoms with van der Waals surface area (Å²) in [6.07, 6.45) is 4.54. The van der Waals surface area contributed by atoms with Crippen LogP contribution in [-0.4, -0.2) is 28.0 Å². The SMILES string of the molecule is CCn1ncc(S(=O)(=O)Nc2cnn(Cc3ccccc3)c2)c1C. The Morgan fingerprint density at radius 3 is 2.54 bits per heavy atom. The van der Waals surface area contributed by atoms with E-state index in [0.717, 1.165) is 5.56 Å². The Hall–Kier alpha value is -2.61. The zero-order chi connectivity index (χ0) is 17.2. The van der Waals surface area contributed by atoms with Crippen LogP contribution in [0.5, 0.6) is 0 Å². The number of nitrogens with one attached hydrogen (secondary N) is 1. The quantitative estimate of drug-likeness (QED) is 0.743. The summed E-state index contributed by atoms with van der Waals surface area (Å²) in [4.78, 5) is 0.181. The summed E-state index contributed by atoms with van der Waals surface area (Å²) in [5.41, 5.74) is 2.13. The highest BCUT2D eigenvalue weighted by molar-refractivity contribution is 7.92. The van der Waals surface area contributed by atoms with Crippen LogP contribution in [0.1, 0.15) is 18.2 Å². The molecule has 1 N–H and O–H groups in total. The Morgan fingerprint density at radius 1 is 1.12 bits per heavy atom. The van der Waals surface area contributed by atoms with Crippen molar-refractivity contribution in [2.75, 3.05) is 4.72 Å². The number of hydrogen-bond acceptors (Lipinski definition) is 4. The Kier molecular flexibility index (Phi) is 4.39. The lowest BCUT2D eigenvalue weighted by Gasteiger charge is -2.06. The van der Waals surface area contributed by atoms with E-state index in [1.165, 1.54) is 12.4 Å². The summed E-state index contributed by atoms with van der Waals surface area (Å²) in [5, 5.41) is 8.28. The maximum absolute atomic E-state index is 12.5. The van der Waals surface area contributed by atoms with Gasteiger partial charge in [-0.1, -0.05) is 30.3 Å². The first-order chi connectivity index (χ1) is 11.5. The predicted octanol–water partition coefficient (Wildman–Crippen LogP) is 2.26. The first kappa shape index (κ1) is 16.3. The summed E-state index contributed by atoms with van der Waals surface area (Å²) in [6.45, 7) is 4.85. The molecule has 0 bridgehead atoms. The third-order valence-corrected chi connectivity index (χ3v) is 5.20. The van der Waals surface area contributed by atoms with Crippen LogP contribution in [-0.2, 0) is 23.1 Å². The minimum Gasteiger partial charge on any atom is -0.276 e. The number of aromatic nitrogens is 4. The molecule has 0 unspecified atom stereocenters. The van der Waals surface area contributed by atoms with Gasteiger partial charge in [-0.15, -0.1) is 0 Å². The molecule has 0 aliphatic rings. The average molecular weight is 345 g/mol. The second kappa shape index (κ2) is 6.48. The van der Waals surface area contributed by atoms with E-state index in [9.17, 15) is 8.42 Å². The molecule has 0 atom stereocenters. The predicted molar refractivity (Wildman–Crippen MR) is 91.2 cm³/mol. The van der Waals surface area contributed by atoms with Crippen molar-refractivity contribution < 1.29 is 8.42 Å². The van der Waals surface area contributed by atoms with Gasteiger partial charge in [-0.05, 0) is 19.4 Å². The maximum atomic E-state index is 12.5. The highest BCUT2D eigenvalue weighted by atomic mass is 32.2. The monoisotopic (exact) mass is 345 g/mol. The second-order valence-corrected chi connectivity index (χ2v) is 7.08. The first-order valence-electron chi connectivity index (χ1n) is 7.61. The molecule has 7 nitrogen and oxygen atoms in total. The van der Waals surface area contributed by atoms with Crippen LogP contribution in [0.4, 0.5) is 5.69 Å². The van der Waals surface area contributed by atoms with Crippen molar-refractivity contribution in [2.24, 2.45) is 0 Å². The molecule has 0 radical (unpaired) electrons. The van der Waals surface area contributed by atoms with Crippen molar-refractivity contribution in [1.29, 1.82) is 0 Å². The molecular formula is C16H19N5O2S. The van der Waals surface area contributed by atoms with Gasteiger partial charge in [0.1, 0.15) is 4.90 Å². The molecule has 0 amide bonds. The number of anilines is 1. The van der Waals surface area contributed by atoms with E-state index in [-0.39, 0.29) is 4.90 Å². The fourth-order valence-corrected chi connectivity index (χ4v) is 3.70. The Bertz CT molecular complexity index is 929. The molecule has 0 aliphatic carbocycles. The molecule has 0 aliphatic heterocycles. The number of benzene rings is 1. The molecule has 1 aromatic carbocycles. The van der Waals surface area contributed by atoms with Crippen LogP contribution < -0.4 is 4.72 Å². The standard InChI is InChI=1S/C16H19N5O2S/c1-3-21-13(2)16(10-18-21)24(22,23)19-15-9-17-20(12-15)11-14-7-5-4-6-8-14/h4-10,12,19H,3,11H2,1-2H3. The van der Waals surface area contributed by atoms with Crippen molar-refractivity contribution in [3.63, 3.8) is 0 Å². The van der Waals surface area contributed by atoms with Crippen molar-refractivity contribution in [3.05, 3.63) is 60.2 Å². The van der Waals surface area contributed by atoms with Crippen LogP contribution in [0.15, 0.2) is 53.8 Å². The van der Waals surface area contributed by atoms with Crippen molar-refractivity contribution in [1.82, 2.24) is 19.6 Å². The first-order valence-corrected chi connectivity index (χ1v) is 9.09. The Labute approximate surface area is 141 Å². The molecule has 2 aromatic heterocycles. The van der Waals surface area contributed by atoms with Gasteiger partial charge in [0.25, 0.3) is 10.0 Å². The lowest BCUT2D eigenvalue weighted by Crippen LogP contribution is -2.13. The Balaban J connectivity index is 1.77. The van der Waals surface area contributed by atoms with Gasteiger partial charge in [-0.2, -0.15) is 10.2 Å². The van der Waals surface area contributed by atoms with Crippen molar-refractivity contribution in [3.8, 4) is 0 Å². The fraction of sp³-hybridized carbons (Fsp3) is 0.250. The van der Waals surface area contributed by atoms with Crippen molar-refractivity contribution in [2.45, 2.75) is 31.8 Å². The van der Waals surface area contributed by atoms with E-state index in [1.54, 1.807) is 22.5 Å². The molecule has 0 saturated carbocycles. The molecule has 0 fully saturated rings. The zero-order valence-electron chi connectivity index (χ0n) is 13.5. The van der Waals surface area contributed by atoms with E-state index >= 15 is 0 Å². The van der Waals surface area contributed by atoms with Gasteiger partial charge in [0.15, 0.2) is 0 Å². The van der Waals surface area contributed by atoms with Crippen molar-refractivity contribution >= 4 is 15.7 Å². The highest BCUT2D eigenvalue weighted by Gasteiger charge is 2.21. The van der Waals surface area contributed by atoms with Gasteiger partial charge in [-0.3, -0.25) is 14.1 Å². The van der Waals surface area contributed by atoms with E-state index in [4.69, 9.17) is 0 Å². The van der Waals surface area contributed by atoms with E-state index < -0.39 is 10.0 Å². The van der Waals surface area contributed by atoms with Gasteiger partial charge in [0.2, 0.25) is 0 Å². The summed E-state index contributed by atoms with van der Waals surface area (Å²) in [6, 6.07) is 9.85. The van der Waals surface area contributed by atoms with Gasteiger partial charge in [0.05, 0.1) is 30.3 Å². The van der Waals surface area contributed by atoms with Crippen LogP contribution in [0, 0.1) is 6.92 Å². The number of sulfonamides is 1. The zero-order valence-corrected chi connectivity index (χ0v) is 14.4. The minimum atomic E-state index is -3.68. The lowest BCUT2D eigenvalue weighted by atomic mass is 10.2. The van der Waals surface area contributed by atoms with E-state index in [0.29, 0.717) is 24.5 Å². The minimum absolute atomic E-state index is 0.181. The lowest BCUT2D eigenvalue weighted by molar-refractivity contribution is 0.598. The van der Waals surface area contributed by atoms with Gasteiger partial charge in [-0.25, -0.2) is 8.42 Å². The molecule has 3 aromatic rings. The van der Waals surface area contributed by atoms with Crippen LogP contribution in [0.3, 0.4) is 0 Å². The molecule has 0 spiro atoms. The summed E-state index contributed by atoms with van der Waals surface area (Å²) >= 11 is 0. The number of nitrogens with zero attached hydrogens (tertiary/aromatic N) is 4. The maximum Gasteiger partial charge on any atom is 0.265 e. The largest absolute Gasteiger partial charge is 0.276 e. The smallest absolute Gasteiger partial charge is 0.265 e. The fourth-order valence-electron chi connectivity index (χ4n) is 2.50. The van der Waals surface area contributed by atoms with E-state index in [1.807, 2.05) is 37.3 Å². The molecular weight excluding hydrogens is 326 g/mol. The van der Waals surface area contributed by atoms with Gasteiger partial charge in [0, 0.05) is 12.7 Å².